The lowest BCUT2D eigenvalue weighted by molar-refractivity contribution is -0.901. The van der Waals surface area contributed by atoms with Crippen LogP contribution < -0.4 is 24.0 Å². The SMILES string of the molecule is C[N+](C)(C)[C@@H]1CCCC[C@H]1O.[I-]. The standard InChI is InChI=1S/C9H20NO.HI/c1-10(2,3)8-6-4-5-7-9(8)11;/h8-9,11H,4-7H2,1-3H3;1H/q+1;/p-1/t8-,9-;/m1./s1. The van der Waals surface area contributed by atoms with Gasteiger partial charge in [0.15, 0.2) is 0 Å². The van der Waals surface area contributed by atoms with Gasteiger partial charge in [-0.2, -0.15) is 0 Å². The summed E-state index contributed by atoms with van der Waals surface area (Å²) < 4.78 is 0.904. The molecule has 0 aromatic carbocycles. The van der Waals surface area contributed by atoms with Crippen LogP contribution in [0.2, 0.25) is 0 Å². The van der Waals surface area contributed by atoms with Crippen LogP contribution in [0.5, 0.6) is 0 Å². The van der Waals surface area contributed by atoms with E-state index in [1.165, 1.54) is 19.3 Å². The number of rotatable bonds is 1. The molecule has 0 bridgehead atoms. The predicted molar refractivity (Wildman–Crippen MR) is 46.3 cm³/mol. The third-order valence-corrected chi connectivity index (χ3v) is 2.69. The predicted octanol–water partition coefficient (Wildman–Crippen LogP) is -2.00. The Morgan fingerprint density at radius 2 is 1.58 bits per heavy atom. The van der Waals surface area contributed by atoms with Crippen molar-refractivity contribution in [3.05, 3.63) is 0 Å². The van der Waals surface area contributed by atoms with Gasteiger partial charge in [0.1, 0.15) is 12.1 Å². The average Bonchev–Trinajstić information content (AvgIpc) is 1.86. The summed E-state index contributed by atoms with van der Waals surface area (Å²) in [6.07, 6.45) is 4.61. The first-order chi connectivity index (χ1) is 5.02. The fourth-order valence-corrected chi connectivity index (χ4v) is 2.00. The van der Waals surface area contributed by atoms with Crippen molar-refractivity contribution < 1.29 is 33.6 Å². The monoisotopic (exact) mass is 285 g/mol. The van der Waals surface area contributed by atoms with Crippen LogP contribution >= 0.6 is 0 Å². The van der Waals surface area contributed by atoms with Crippen LogP contribution in [-0.4, -0.2) is 42.9 Å². The van der Waals surface area contributed by atoms with Crippen molar-refractivity contribution in [1.82, 2.24) is 0 Å². The van der Waals surface area contributed by atoms with Gasteiger partial charge < -0.3 is 33.6 Å². The molecule has 1 saturated carbocycles. The van der Waals surface area contributed by atoms with Crippen LogP contribution in [0, 0.1) is 0 Å². The van der Waals surface area contributed by atoms with E-state index in [1.54, 1.807) is 0 Å². The van der Waals surface area contributed by atoms with Crippen LogP contribution in [0.4, 0.5) is 0 Å². The molecule has 0 aromatic heterocycles. The Morgan fingerprint density at radius 3 is 1.92 bits per heavy atom. The summed E-state index contributed by atoms with van der Waals surface area (Å²) in [6, 6.07) is 0.462. The molecule has 12 heavy (non-hydrogen) atoms. The number of nitrogens with zero attached hydrogens (tertiary/aromatic N) is 1. The molecule has 0 radical (unpaired) electrons. The fraction of sp³-hybridized carbons (Fsp3) is 1.00. The van der Waals surface area contributed by atoms with Crippen molar-refractivity contribution in [2.24, 2.45) is 0 Å². The van der Waals surface area contributed by atoms with Crippen molar-refractivity contribution in [2.45, 2.75) is 37.8 Å². The summed E-state index contributed by atoms with van der Waals surface area (Å²) in [5.74, 6) is 0. The fourth-order valence-electron chi connectivity index (χ4n) is 2.00. The van der Waals surface area contributed by atoms with E-state index in [4.69, 9.17) is 0 Å². The quantitative estimate of drug-likeness (QED) is 0.436. The Kier molecular flexibility index (Phi) is 5.02. The van der Waals surface area contributed by atoms with Crippen LogP contribution in [0.15, 0.2) is 0 Å². The van der Waals surface area contributed by atoms with E-state index in [1.807, 2.05) is 0 Å². The summed E-state index contributed by atoms with van der Waals surface area (Å²) in [7, 11) is 6.50. The number of hydrogen-bond donors (Lipinski definition) is 1. The zero-order valence-corrected chi connectivity index (χ0v) is 10.4. The van der Waals surface area contributed by atoms with Gasteiger partial charge in [-0.3, -0.25) is 0 Å². The number of hydrogen-bond acceptors (Lipinski definition) is 1. The first kappa shape index (κ1) is 12.7. The van der Waals surface area contributed by atoms with Crippen molar-refractivity contribution in [3.63, 3.8) is 0 Å². The second-order valence-corrected chi connectivity index (χ2v) is 4.54. The molecular weight excluding hydrogens is 265 g/mol. The van der Waals surface area contributed by atoms with Gasteiger partial charge in [0.25, 0.3) is 0 Å². The second-order valence-electron chi connectivity index (χ2n) is 4.54. The summed E-state index contributed by atoms with van der Waals surface area (Å²) in [5.41, 5.74) is 0. The summed E-state index contributed by atoms with van der Waals surface area (Å²) in [5, 5.41) is 9.69. The maximum Gasteiger partial charge on any atom is 0.115 e. The molecule has 0 saturated heterocycles. The number of halogens is 1. The summed E-state index contributed by atoms with van der Waals surface area (Å²) >= 11 is 0. The Balaban J connectivity index is 0.00000121. The number of aliphatic hydroxyl groups is 1. The highest BCUT2D eigenvalue weighted by molar-refractivity contribution is 4.74. The minimum Gasteiger partial charge on any atom is -1.00 e. The van der Waals surface area contributed by atoms with Crippen molar-refractivity contribution >= 4 is 0 Å². The molecule has 2 atom stereocenters. The van der Waals surface area contributed by atoms with E-state index >= 15 is 0 Å². The molecule has 2 nitrogen and oxygen atoms in total. The Labute approximate surface area is 92.6 Å². The minimum absolute atomic E-state index is 0. The van der Waals surface area contributed by atoms with Crippen LogP contribution in [0.1, 0.15) is 25.7 Å². The van der Waals surface area contributed by atoms with Gasteiger partial charge in [-0.15, -0.1) is 0 Å². The van der Waals surface area contributed by atoms with Gasteiger partial charge in [0.05, 0.1) is 21.1 Å². The average molecular weight is 285 g/mol. The van der Waals surface area contributed by atoms with E-state index in [0.717, 1.165) is 10.9 Å². The highest BCUT2D eigenvalue weighted by Crippen LogP contribution is 2.24. The van der Waals surface area contributed by atoms with E-state index in [9.17, 15) is 5.11 Å². The zero-order valence-electron chi connectivity index (χ0n) is 8.26. The largest absolute Gasteiger partial charge is 1.00 e. The molecule has 0 unspecified atom stereocenters. The number of likely N-dealkylation sites (N-methyl/N-ethyl adjacent to an activating group) is 1. The Hall–Kier alpha value is 0.650. The van der Waals surface area contributed by atoms with Gasteiger partial charge in [0.2, 0.25) is 0 Å². The first-order valence-corrected chi connectivity index (χ1v) is 4.51. The summed E-state index contributed by atoms with van der Waals surface area (Å²) in [6.45, 7) is 0. The molecule has 0 spiro atoms. The van der Waals surface area contributed by atoms with Gasteiger partial charge in [-0.05, 0) is 12.8 Å². The Morgan fingerprint density at radius 1 is 1.08 bits per heavy atom. The second kappa shape index (κ2) is 4.77. The zero-order chi connectivity index (χ0) is 8.48. The van der Waals surface area contributed by atoms with Gasteiger partial charge >= 0.3 is 0 Å². The highest BCUT2D eigenvalue weighted by Gasteiger charge is 2.33. The smallest absolute Gasteiger partial charge is 0.115 e. The van der Waals surface area contributed by atoms with Crippen LogP contribution in [0.3, 0.4) is 0 Å². The topological polar surface area (TPSA) is 20.2 Å². The molecule has 0 heterocycles. The van der Waals surface area contributed by atoms with E-state index in [-0.39, 0.29) is 30.1 Å². The van der Waals surface area contributed by atoms with Crippen molar-refractivity contribution in [2.75, 3.05) is 21.1 Å². The number of quaternary nitrogens is 1. The van der Waals surface area contributed by atoms with Crippen molar-refractivity contribution in [1.29, 1.82) is 0 Å². The van der Waals surface area contributed by atoms with E-state index in [2.05, 4.69) is 21.1 Å². The van der Waals surface area contributed by atoms with E-state index in [0.29, 0.717) is 6.04 Å². The molecule has 1 fully saturated rings. The molecule has 1 aliphatic rings. The maximum atomic E-state index is 9.69. The van der Waals surface area contributed by atoms with Crippen molar-refractivity contribution in [3.8, 4) is 0 Å². The van der Waals surface area contributed by atoms with Crippen LogP contribution in [0.25, 0.3) is 0 Å². The molecule has 0 amide bonds. The maximum absolute atomic E-state index is 9.69. The molecular formula is C9H20INO. The Bertz CT molecular complexity index is 133. The van der Waals surface area contributed by atoms with Gasteiger partial charge in [-0.25, -0.2) is 0 Å². The van der Waals surface area contributed by atoms with E-state index < -0.39 is 0 Å². The van der Waals surface area contributed by atoms with Gasteiger partial charge in [0, 0.05) is 6.42 Å². The lowest BCUT2D eigenvalue weighted by Gasteiger charge is -2.39. The molecule has 0 aliphatic heterocycles. The molecule has 1 rings (SSSR count). The van der Waals surface area contributed by atoms with Crippen LogP contribution in [-0.2, 0) is 0 Å². The molecule has 3 heteroatoms. The van der Waals surface area contributed by atoms with Gasteiger partial charge in [-0.1, -0.05) is 6.42 Å². The molecule has 1 aliphatic carbocycles. The normalized spacial score (nSPS) is 31.0. The minimum atomic E-state index is -0.0660. The third-order valence-electron chi connectivity index (χ3n) is 2.69. The number of aliphatic hydroxyl groups excluding tert-OH is 1. The molecule has 1 N–H and O–H groups in total. The summed E-state index contributed by atoms with van der Waals surface area (Å²) in [4.78, 5) is 0. The molecule has 74 valence electrons. The lowest BCUT2D eigenvalue weighted by Crippen LogP contribution is -3.00. The lowest BCUT2D eigenvalue weighted by atomic mass is 9.91. The first-order valence-electron chi connectivity index (χ1n) is 4.51. The molecule has 0 aromatic rings. The highest BCUT2D eigenvalue weighted by atomic mass is 127. The third kappa shape index (κ3) is 3.18.